The second-order valence-electron chi connectivity index (χ2n) is 9.61. The van der Waals surface area contributed by atoms with Crippen molar-refractivity contribution in [3.8, 4) is 0 Å². The van der Waals surface area contributed by atoms with Crippen LogP contribution in [0, 0.1) is 5.92 Å². The maximum atomic E-state index is 13.6. The van der Waals surface area contributed by atoms with Gasteiger partial charge in [0, 0.05) is 16.7 Å². The molecule has 1 aromatic carbocycles. The summed E-state index contributed by atoms with van der Waals surface area (Å²) in [5, 5.41) is 0. The molecule has 0 bridgehead atoms. The lowest BCUT2D eigenvalue weighted by molar-refractivity contribution is -0.220. The molecule has 1 atom stereocenters. The summed E-state index contributed by atoms with van der Waals surface area (Å²) in [6.45, 7) is 5.46. The van der Waals surface area contributed by atoms with E-state index in [0.29, 0.717) is 29.9 Å². The third kappa shape index (κ3) is 6.55. The van der Waals surface area contributed by atoms with E-state index >= 15 is 0 Å². The molecule has 0 aliphatic heterocycles. The van der Waals surface area contributed by atoms with Gasteiger partial charge in [-0.2, -0.15) is 0 Å². The van der Waals surface area contributed by atoms with Crippen molar-refractivity contribution >= 4 is 11.6 Å². The van der Waals surface area contributed by atoms with Crippen molar-refractivity contribution < 1.29 is 19.1 Å². The quantitative estimate of drug-likeness (QED) is 0.186. The minimum Gasteiger partial charge on any atom is -0.345 e. The largest absolute Gasteiger partial charge is 0.345 e. The third-order valence-corrected chi connectivity index (χ3v) is 6.93. The molecule has 0 heterocycles. The molecule has 0 fully saturated rings. The molecular formula is C30H42O4. The van der Waals surface area contributed by atoms with Crippen molar-refractivity contribution in [2.45, 2.75) is 96.7 Å². The van der Waals surface area contributed by atoms with Gasteiger partial charge in [-0.15, -0.1) is 0 Å². The highest BCUT2D eigenvalue weighted by molar-refractivity contribution is 6.24. The maximum Gasteiger partial charge on any atom is 0.202 e. The number of fused-ring (bicyclic) bond motifs is 2. The molecule has 34 heavy (non-hydrogen) atoms. The third-order valence-electron chi connectivity index (χ3n) is 6.93. The summed E-state index contributed by atoms with van der Waals surface area (Å²) in [5.74, 6) is -2.14. The van der Waals surface area contributed by atoms with Crippen molar-refractivity contribution in [2.75, 3.05) is 13.2 Å². The van der Waals surface area contributed by atoms with Crippen LogP contribution in [0.3, 0.4) is 0 Å². The van der Waals surface area contributed by atoms with Crippen LogP contribution in [-0.4, -0.2) is 30.6 Å². The van der Waals surface area contributed by atoms with E-state index in [1.54, 1.807) is 24.3 Å². The molecule has 2 aliphatic carbocycles. The van der Waals surface area contributed by atoms with Crippen LogP contribution in [0.5, 0.6) is 0 Å². The van der Waals surface area contributed by atoms with Crippen LogP contribution in [-0.2, 0) is 9.47 Å². The first-order chi connectivity index (χ1) is 16.6. The van der Waals surface area contributed by atoms with Gasteiger partial charge in [0.2, 0.25) is 5.79 Å². The van der Waals surface area contributed by atoms with Crippen LogP contribution >= 0.6 is 0 Å². The van der Waals surface area contributed by atoms with Crippen molar-refractivity contribution in [3.63, 3.8) is 0 Å². The Morgan fingerprint density at radius 1 is 0.735 bits per heavy atom. The first-order valence-electron chi connectivity index (χ1n) is 13.5. The van der Waals surface area contributed by atoms with Crippen molar-refractivity contribution in [1.82, 2.24) is 0 Å². The van der Waals surface area contributed by atoms with Gasteiger partial charge >= 0.3 is 0 Å². The molecule has 0 saturated heterocycles. The summed E-state index contributed by atoms with van der Waals surface area (Å²) in [4.78, 5) is 26.9. The van der Waals surface area contributed by atoms with Gasteiger partial charge in [0.1, 0.15) is 5.92 Å². The number of unbranched alkanes of at least 4 members (excludes halogenated alkanes) is 10. The molecule has 3 rings (SSSR count). The molecule has 0 aromatic heterocycles. The van der Waals surface area contributed by atoms with Gasteiger partial charge in [-0.25, -0.2) is 0 Å². The lowest BCUT2D eigenvalue weighted by Crippen LogP contribution is -2.51. The number of hydrogen-bond donors (Lipinski definition) is 0. The molecule has 1 aromatic rings. The zero-order valence-corrected chi connectivity index (χ0v) is 21.2. The molecule has 4 nitrogen and oxygen atoms in total. The van der Waals surface area contributed by atoms with E-state index < -0.39 is 11.7 Å². The Morgan fingerprint density at radius 2 is 1.26 bits per heavy atom. The Bertz CT molecular complexity index is 848. The lowest BCUT2D eigenvalue weighted by Gasteiger charge is -2.41. The average Bonchev–Trinajstić information content (AvgIpc) is 2.86. The second-order valence-corrected chi connectivity index (χ2v) is 9.61. The van der Waals surface area contributed by atoms with Gasteiger partial charge in [0.15, 0.2) is 11.6 Å². The highest BCUT2D eigenvalue weighted by atomic mass is 16.7. The van der Waals surface area contributed by atoms with Gasteiger partial charge in [0.25, 0.3) is 0 Å². The molecule has 186 valence electrons. The van der Waals surface area contributed by atoms with E-state index in [1.807, 2.05) is 18.2 Å². The van der Waals surface area contributed by atoms with Crippen LogP contribution in [0.15, 0.2) is 48.1 Å². The number of benzene rings is 1. The number of Topliss-reactive ketones (excluding diaryl/α,β-unsaturated/α-hetero) is 2. The van der Waals surface area contributed by atoms with Crippen LogP contribution in [0.2, 0.25) is 0 Å². The molecule has 0 amide bonds. The van der Waals surface area contributed by atoms with E-state index in [4.69, 9.17) is 9.47 Å². The summed E-state index contributed by atoms with van der Waals surface area (Å²) in [6.07, 6.45) is 19.3. The van der Waals surface area contributed by atoms with Gasteiger partial charge < -0.3 is 9.47 Å². The number of ether oxygens (including phenoxy) is 2. The van der Waals surface area contributed by atoms with E-state index in [1.165, 1.54) is 51.4 Å². The van der Waals surface area contributed by atoms with Crippen LogP contribution in [0.4, 0.5) is 0 Å². The normalized spacial score (nSPS) is 18.5. The first-order valence-corrected chi connectivity index (χ1v) is 13.5. The fraction of sp³-hybridized carbons (Fsp3) is 0.600. The van der Waals surface area contributed by atoms with Crippen molar-refractivity contribution in [1.29, 1.82) is 0 Å². The summed E-state index contributed by atoms with van der Waals surface area (Å²) in [6, 6.07) is 7.10. The molecular weight excluding hydrogens is 424 g/mol. The Kier molecular flexibility index (Phi) is 10.7. The standard InChI is InChI=1S/C30H42O4/c1-3-5-7-9-11-15-22-33-30(34-23-16-12-10-8-6-4-2)21-17-20-26-27(30)29(32)25-19-14-13-18-24(25)28(26)31/h13-14,17-21,27H,3-12,15-16,22-23H2,1-2H3. The van der Waals surface area contributed by atoms with Gasteiger partial charge in [-0.05, 0) is 18.9 Å². The molecule has 0 spiro atoms. The monoisotopic (exact) mass is 466 g/mol. The predicted molar refractivity (Wildman–Crippen MR) is 137 cm³/mol. The highest BCUT2D eigenvalue weighted by Crippen LogP contribution is 2.42. The van der Waals surface area contributed by atoms with E-state index in [9.17, 15) is 9.59 Å². The molecule has 1 unspecified atom stereocenters. The number of allylic oxidation sites excluding steroid dienone is 2. The Labute approximate surface area is 205 Å². The number of ketones is 2. The first kappa shape index (κ1) is 26.6. The van der Waals surface area contributed by atoms with Crippen molar-refractivity contribution in [2.24, 2.45) is 5.92 Å². The summed E-state index contributed by atoms with van der Waals surface area (Å²) in [7, 11) is 0. The molecule has 4 heteroatoms. The Morgan fingerprint density at radius 3 is 1.85 bits per heavy atom. The smallest absolute Gasteiger partial charge is 0.202 e. The second kappa shape index (κ2) is 13.7. The number of carbonyl (C=O) groups is 2. The van der Waals surface area contributed by atoms with Gasteiger partial charge in [-0.1, -0.05) is 114 Å². The number of rotatable bonds is 16. The van der Waals surface area contributed by atoms with Gasteiger partial charge in [-0.3, -0.25) is 9.59 Å². The van der Waals surface area contributed by atoms with E-state index in [0.717, 1.165) is 25.7 Å². The van der Waals surface area contributed by atoms with Crippen LogP contribution < -0.4 is 0 Å². The zero-order valence-electron chi connectivity index (χ0n) is 21.2. The van der Waals surface area contributed by atoms with Gasteiger partial charge in [0.05, 0.1) is 13.2 Å². The number of carbonyl (C=O) groups excluding carboxylic acids is 2. The molecule has 2 aliphatic rings. The zero-order chi connectivity index (χ0) is 24.2. The van der Waals surface area contributed by atoms with Crippen LogP contribution in [0.1, 0.15) is 112 Å². The summed E-state index contributed by atoms with van der Waals surface area (Å²) in [5.41, 5.74) is 1.43. The van der Waals surface area contributed by atoms with Crippen LogP contribution in [0.25, 0.3) is 0 Å². The van der Waals surface area contributed by atoms with Crippen molar-refractivity contribution in [3.05, 3.63) is 59.2 Å². The average molecular weight is 467 g/mol. The molecule has 0 saturated carbocycles. The Hall–Kier alpha value is -2.04. The SMILES string of the molecule is CCCCCCCCOC1(OCCCCCCCC)C=CC=C2C(=O)c3ccccc3C(=O)C21. The minimum atomic E-state index is -1.21. The lowest BCUT2D eigenvalue weighted by atomic mass is 9.72. The topological polar surface area (TPSA) is 52.6 Å². The number of hydrogen-bond acceptors (Lipinski definition) is 4. The summed E-state index contributed by atoms with van der Waals surface area (Å²) < 4.78 is 12.8. The highest BCUT2D eigenvalue weighted by Gasteiger charge is 2.52. The molecule has 0 N–H and O–H groups in total. The Balaban J connectivity index is 1.72. The van der Waals surface area contributed by atoms with E-state index in [2.05, 4.69) is 13.8 Å². The predicted octanol–water partition coefficient (Wildman–Crippen LogP) is 7.63. The minimum absolute atomic E-state index is 0.0864. The fourth-order valence-electron chi connectivity index (χ4n) is 4.97. The van der Waals surface area contributed by atoms with E-state index in [-0.39, 0.29) is 11.6 Å². The fourth-order valence-corrected chi connectivity index (χ4v) is 4.97. The molecule has 0 radical (unpaired) electrons. The maximum absolute atomic E-state index is 13.6. The summed E-state index contributed by atoms with van der Waals surface area (Å²) >= 11 is 0.